The molecule has 5 nitrogen and oxygen atoms in total. The number of nitrogens with one attached hydrogen (secondary N) is 2. The van der Waals surface area contributed by atoms with Gasteiger partial charge in [-0.15, -0.1) is 11.3 Å². The molecule has 0 aliphatic rings. The summed E-state index contributed by atoms with van der Waals surface area (Å²) >= 11 is 7.42. The van der Waals surface area contributed by atoms with Crippen LogP contribution in [0, 0.1) is 6.92 Å². The Labute approximate surface area is 120 Å². The molecule has 0 radical (unpaired) electrons. The Hall–Kier alpha value is -1.66. The molecule has 2 N–H and O–H groups in total. The highest BCUT2D eigenvalue weighted by Crippen LogP contribution is 2.21. The third-order valence-electron chi connectivity index (χ3n) is 2.29. The normalized spacial score (nSPS) is 10.3. The molecule has 0 aliphatic carbocycles. The van der Waals surface area contributed by atoms with Gasteiger partial charge >= 0.3 is 0 Å². The molecule has 0 atom stereocenters. The summed E-state index contributed by atoms with van der Waals surface area (Å²) in [5, 5.41) is 8.57. The summed E-state index contributed by atoms with van der Waals surface area (Å²) in [5.74, 6) is 0.303. The number of amides is 1. The minimum Gasteiger partial charge on any atom is -0.369 e. The van der Waals surface area contributed by atoms with Crippen LogP contribution < -0.4 is 10.6 Å². The molecule has 2 rings (SSSR count). The van der Waals surface area contributed by atoms with E-state index in [0.717, 1.165) is 12.2 Å². The van der Waals surface area contributed by atoms with Crippen molar-refractivity contribution in [1.82, 2.24) is 9.97 Å². The highest BCUT2D eigenvalue weighted by Gasteiger charge is 2.11. The van der Waals surface area contributed by atoms with Crippen LogP contribution in [-0.2, 0) is 0 Å². The minimum absolute atomic E-state index is 0.271. The monoisotopic (exact) mass is 296 g/mol. The Balaban J connectivity index is 2.13. The fraction of sp³-hybridized carbons (Fsp3) is 0.250. The number of carbonyl (C=O) groups is 1. The Morgan fingerprint density at radius 2 is 2.32 bits per heavy atom. The Morgan fingerprint density at radius 1 is 1.53 bits per heavy atom. The molecule has 7 heteroatoms. The number of rotatable bonds is 4. The van der Waals surface area contributed by atoms with Gasteiger partial charge in [-0.05, 0) is 19.9 Å². The number of anilines is 2. The summed E-state index contributed by atoms with van der Waals surface area (Å²) < 4.78 is 0. The van der Waals surface area contributed by atoms with E-state index >= 15 is 0 Å². The smallest absolute Gasteiger partial charge is 0.259 e. The first-order chi connectivity index (χ1) is 9.10. The topological polar surface area (TPSA) is 66.9 Å². The van der Waals surface area contributed by atoms with Crippen LogP contribution in [0.15, 0.2) is 17.6 Å². The van der Waals surface area contributed by atoms with E-state index in [9.17, 15) is 4.79 Å². The molecular weight excluding hydrogens is 284 g/mol. The van der Waals surface area contributed by atoms with Crippen molar-refractivity contribution in [1.29, 1.82) is 0 Å². The highest BCUT2D eigenvalue weighted by molar-refractivity contribution is 7.13. The molecule has 0 saturated heterocycles. The van der Waals surface area contributed by atoms with E-state index in [0.29, 0.717) is 21.5 Å². The van der Waals surface area contributed by atoms with Crippen LogP contribution in [0.2, 0.25) is 5.02 Å². The van der Waals surface area contributed by atoms with Crippen LogP contribution in [-0.4, -0.2) is 22.4 Å². The standard InChI is InChI=1S/C12H13ClN4OS/c1-3-14-10-9(13)4-8(5-15-10)11(18)17-12-16-7(2)6-19-12/h4-6H,3H2,1-2H3,(H,14,15)(H,16,17,18). The number of hydrogen-bond donors (Lipinski definition) is 2. The second-order valence-electron chi connectivity index (χ2n) is 3.83. The summed E-state index contributed by atoms with van der Waals surface area (Å²) in [6, 6.07) is 1.59. The van der Waals surface area contributed by atoms with Gasteiger partial charge < -0.3 is 5.32 Å². The molecule has 2 heterocycles. The maximum atomic E-state index is 12.0. The summed E-state index contributed by atoms with van der Waals surface area (Å²) in [7, 11) is 0. The summed E-state index contributed by atoms with van der Waals surface area (Å²) in [6.45, 7) is 4.54. The number of aryl methyl sites for hydroxylation is 1. The predicted molar refractivity (Wildman–Crippen MR) is 78.2 cm³/mol. The molecule has 0 fully saturated rings. The SMILES string of the molecule is CCNc1ncc(C(=O)Nc2nc(C)cs2)cc1Cl. The number of nitrogens with zero attached hydrogens (tertiary/aromatic N) is 2. The molecule has 19 heavy (non-hydrogen) atoms. The average Bonchev–Trinajstić information content (AvgIpc) is 2.77. The number of pyridine rings is 1. The van der Waals surface area contributed by atoms with Crippen LogP contribution >= 0.6 is 22.9 Å². The van der Waals surface area contributed by atoms with Crippen molar-refractivity contribution in [2.24, 2.45) is 0 Å². The largest absolute Gasteiger partial charge is 0.369 e. The highest BCUT2D eigenvalue weighted by atomic mass is 35.5. The van der Waals surface area contributed by atoms with E-state index in [-0.39, 0.29) is 5.91 Å². The molecule has 0 aliphatic heterocycles. The van der Waals surface area contributed by atoms with Gasteiger partial charge in [0.05, 0.1) is 16.3 Å². The maximum Gasteiger partial charge on any atom is 0.259 e. The van der Waals surface area contributed by atoms with E-state index in [1.54, 1.807) is 6.07 Å². The number of thiazole rings is 1. The van der Waals surface area contributed by atoms with Gasteiger partial charge in [-0.3, -0.25) is 10.1 Å². The van der Waals surface area contributed by atoms with Crippen molar-refractivity contribution in [3.63, 3.8) is 0 Å². The van der Waals surface area contributed by atoms with E-state index in [4.69, 9.17) is 11.6 Å². The second kappa shape index (κ2) is 5.99. The van der Waals surface area contributed by atoms with Gasteiger partial charge in [-0.25, -0.2) is 9.97 Å². The first kappa shape index (κ1) is 13.8. The third-order valence-corrected chi connectivity index (χ3v) is 3.45. The van der Waals surface area contributed by atoms with E-state index < -0.39 is 0 Å². The van der Waals surface area contributed by atoms with Crippen molar-refractivity contribution in [2.45, 2.75) is 13.8 Å². The van der Waals surface area contributed by atoms with Crippen LogP contribution in [0.4, 0.5) is 10.9 Å². The summed E-state index contributed by atoms with van der Waals surface area (Å²) in [4.78, 5) is 20.3. The van der Waals surface area contributed by atoms with E-state index in [2.05, 4.69) is 20.6 Å². The van der Waals surface area contributed by atoms with Crippen LogP contribution in [0.3, 0.4) is 0 Å². The molecule has 2 aromatic heterocycles. The van der Waals surface area contributed by atoms with Crippen molar-refractivity contribution >= 4 is 39.8 Å². The molecule has 0 aromatic carbocycles. The molecule has 2 aromatic rings. The fourth-order valence-electron chi connectivity index (χ4n) is 1.44. The van der Waals surface area contributed by atoms with Gasteiger partial charge in [0.15, 0.2) is 5.13 Å². The molecule has 0 unspecified atom stereocenters. The fourth-order valence-corrected chi connectivity index (χ4v) is 2.36. The Kier molecular flexibility index (Phi) is 4.34. The second-order valence-corrected chi connectivity index (χ2v) is 5.10. The van der Waals surface area contributed by atoms with Gasteiger partial charge in [-0.2, -0.15) is 0 Å². The van der Waals surface area contributed by atoms with Crippen LogP contribution in [0.1, 0.15) is 23.0 Å². The molecule has 100 valence electrons. The zero-order valence-electron chi connectivity index (χ0n) is 10.5. The predicted octanol–water partition coefficient (Wildman–Crippen LogP) is 3.18. The van der Waals surface area contributed by atoms with Gasteiger partial charge in [0.1, 0.15) is 5.82 Å². The molecule has 0 saturated carbocycles. The van der Waals surface area contributed by atoms with Gasteiger partial charge in [0, 0.05) is 18.1 Å². The van der Waals surface area contributed by atoms with Gasteiger partial charge in [0.25, 0.3) is 5.91 Å². The van der Waals surface area contributed by atoms with E-state index in [1.165, 1.54) is 17.5 Å². The Morgan fingerprint density at radius 3 is 2.89 bits per heavy atom. The Bertz CT molecular complexity index is 599. The molecule has 0 spiro atoms. The van der Waals surface area contributed by atoms with Crippen molar-refractivity contribution < 1.29 is 4.79 Å². The van der Waals surface area contributed by atoms with Crippen molar-refractivity contribution in [3.05, 3.63) is 33.9 Å². The number of hydrogen-bond acceptors (Lipinski definition) is 5. The van der Waals surface area contributed by atoms with E-state index in [1.807, 2.05) is 19.2 Å². The first-order valence-corrected chi connectivity index (χ1v) is 6.98. The lowest BCUT2D eigenvalue weighted by Crippen LogP contribution is -2.12. The maximum absolute atomic E-state index is 12.0. The summed E-state index contributed by atoms with van der Waals surface area (Å²) in [5.41, 5.74) is 1.28. The average molecular weight is 297 g/mol. The van der Waals surface area contributed by atoms with Gasteiger partial charge in [0.2, 0.25) is 0 Å². The summed E-state index contributed by atoms with van der Waals surface area (Å²) in [6.07, 6.45) is 1.49. The molecule has 1 amide bonds. The lowest BCUT2D eigenvalue weighted by Gasteiger charge is -2.06. The lowest BCUT2D eigenvalue weighted by atomic mass is 10.2. The van der Waals surface area contributed by atoms with Crippen LogP contribution in [0.25, 0.3) is 0 Å². The molecular formula is C12H13ClN4OS. The number of halogens is 1. The van der Waals surface area contributed by atoms with Crippen LogP contribution in [0.5, 0.6) is 0 Å². The first-order valence-electron chi connectivity index (χ1n) is 5.73. The lowest BCUT2D eigenvalue weighted by molar-refractivity contribution is 0.102. The number of aromatic nitrogens is 2. The van der Waals surface area contributed by atoms with Gasteiger partial charge in [-0.1, -0.05) is 11.6 Å². The zero-order chi connectivity index (χ0) is 13.8. The molecule has 0 bridgehead atoms. The quantitative estimate of drug-likeness (QED) is 0.909. The van der Waals surface area contributed by atoms with Crippen molar-refractivity contribution in [3.8, 4) is 0 Å². The third kappa shape index (κ3) is 3.42. The minimum atomic E-state index is -0.271. The van der Waals surface area contributed by atoms with Crippen molar-refractivity contribution in [2.75, 3.05) is 17.2 Å². The number of carbonyl (C=O) groups excluding carboxylic acids is 1. The zero-order valence-corrected chi connectivity index (χ0v) is 12.1.